The van der Waals surface area contributed by atoms with E-state index < -0.39 is 0 Å². The minimum Gasteiger partial charge on any atom is -0.462 e. The van der Waals surface area contributed by atoms with Gasteiger partial charge in [-0.2, -0.15) is 0 Å². The molecule has 1 unspecified atom stereocenters. The predicted octanol–water partition coefficient (Wildman–Crippen LogP) is 1.68. The van der Waals surface area contributed by atoms with Crippen molar-refractivity contribution in [2.45, 2.75) is 51.7 Å². The van der Waals surface area contributed by atoms with Crippen LogP contribution < -0.4 is 0 Å². The summed E-state index contributed by atoms with van der Waals surface area (Å²) in [5, 5.41) is 9.32. The molecule has 16 heavy (non-hydrogen) atoms. The number of carbonyl (C=O) groups excluding carboxylic acids is 1. The van der Waals surface area contributed by atoms with Gasteiger partial charge in [0.2, 0.25) is 0 Å². The summed E-state index contributed by atoms with van der Waals surface area (Å²) in [6, 6.07) is -0.223. The van der Waals surface area contributed by atoms with E-state index in [-0.39, 0.29) is 18.2 Å². The molecular formula is C11H22FNO3. The van der Waals surface area contributed by atoms with E-state index in [9.17, 15) is 9.28 Å². The molecule has 1 aliphatic heterocycles. The van der Waals surface area contributed by atoms with Crippen LogP contribution in [0.3, 0.4) is 0 Å². The van der Waals surface area contributed by atoms with Gasteiger partial charge in [0.05, 0.1) is 12.6 Å². The van der Waals surface area contributed by atoms with Gasteiger partial charge >= 0.3 is 0 Å². The van der Waals surface area contributed by atoms with Crippen LogP contribution in [0.1, 0.15) is 40.0 Å². The molecule has 1 N–H and O–H groups in total. The molecule has 1 fully saturated rings. The van der Waals surface area contributed by atoms with Gasteiger partial charge in [0.25, 0.3) is 6.47 Å². The second-order valence-corrected chi connectivity index (χ2v) is 4.78. The van der Waals surface area contributed by atoms with E-state index in [0.29, 0.717) is 13.0 Å². The molecule has 0 amide bonds. The van der Waals surface area contributed by atoms with Gasteiger partial charge in [-0.15, -0.1) is 9.60 Å². The molecule has 0 aliphatic carbocycles. The zero-order chi connectivity index (χ0) is 12.6. The van der Waals surface area contributed by atoms with Gasteiger partial charge in [-0.25, -0.2) is 0 Å². The number of aliphatic hydroxyl groups is 1. The van der Waals surface area contributed by atoms with Crippen molar-refractivity contribution in [1.29, 1.82) is 0 Å². The number of halogens is 1. The second kappa shape index (κ2) is 7.57. The third-order valence-electron chi connectivity index (χ3n) is 2.17. The molecule has 4 nitrogen and oxygen atoms in total. The fourth-order valence-corrected chi connectivity index (χ4v) is 1.29. The summed E-state index contributed by atoms with van der Waals surface area (Å²) in [7, 11) is 0. The molecule has 1 saturated heterocycles. The first-order valence-electron chi connectivity index (χ1n) is 5.55. The minimum atomic E-state index is -0.318. The first-order chi connectivity index (χ1) is 7.40. The maximum atomic E-state index is 12.5. The molecule has 0 saturated carbocycles. The Morgan fingerprint density at radius 3 is 2.38 bits per heavy atom. The average molecular weight is 235 g/mol. The fraction of sp³-hybridized carbons (Fsp3) is 0.909. The Bertz CT molecular complexity index is 194. The van der Waals surface area contributed by atoms with Gasteiger partial charge in [-0.1, -0.05) is 6.42 Å². The molecule has 0 aromatic carbocycles. The molecule has 0 aromatic heterocycles. The van der Waals surface area contributed by atoms with Crippen molar-refractivity contribution >= 4 is 6.47 Å². The number of hydrogen-bond donors (Lipinski definition) is 1. The number of aliphatic hydroxyl groups excluding tert-OH is 1. The summed E-state index contributed by atoms with van der Waals surface area (Å²) in [6.07, 6.45) is 2.77. The predicted molar refractivity (Wildman–Crippen MR) is 59.4 cm³/mol. The number of carbonyl (C=O) groups is 1. The van der Waals surface area contributed by atoms with Gasteiger partial charge in [-0.05, 0) is 33.6 Å². The maximum absolute atomic E-state index is 12.5. The Kier molecular flexibility index (Phi) is 7.25. The molecule has 0 spiro atoms. The number of rotatable bonds is 2. The molecule has 0 aromatic rings. The Balaban J connectivity index is 0.000000293. The van der Waals surface area contributed by atoms with E-state index in [1.807, 2.05) is 20.8 Å². The molecule has 1 heterocycles. The van der Waals surface area contributed by atoms with Crippen molar-refractivity contribution in [3.63, 3.8) is 0 Å². The summed E-state index contributed by atoms with van der Waals surface area (Å²) in [4.78, 5) is 9.60. The highest BCUT2D eigenvalue weighted by atomic mass is 19.2. The smallest absolute Gasteiger partial charge is 0.293 e. The highest BCUT2D eigenvalue weighted by molar-refractivity contribution is 5.37. The van der Waals surface area contributed by atoms with Crippen molar-refractivity contribution < 1.29 is 19.1 Å². The first-order valence-corrected chi connectivity index (χ1v) is 5.55. The average Bonchev–Trinajstić information content (AvgIpc) is 2.17. The van der Waals surface area contributed by atoms with Crippen molar-refractivity contribution in [2.75, 3.05) is 13.2 Å². The highest BCUT2D eigenvalue weighted by Crippen LogP contribution is 2.15. The van der Waals surface area contributed by atoms with E-state index in [2.05, 4.69) is 4.74 Å². The second-order valence-electron chi connectivity index (χ2n) is 4.78. The van der Waals surface area contributed by atoms with Crippen molar-refractivity contribution in [1.82, 2.24) is 5.12 Å². The van der Waals surface area contributed by atoms with Crippen LogP contribution in [0.25, 0.3) is 0 Å². The highest BCUT2D eigenvalue weighted by Gasteiger charge is 2.20. The van der Waals surface area contributed by atoms with Crippen LogP contribution in [0.2, 0.25) is 0 Å². The summed E-state index contributed by atoms with van der Waals surface area (Å²) < 4.78 is 17.1. The summed E-state index contributed by atoms with van der Waals surface area (Å²) in [5.74, 6) is 0. The Labute approximate surface area is 96.3 Å². The lowest BCUT2D eigenvalue weighted by atomic mass is 10.1. The minimum absolute atomic E-state index is 0.0451. The van der Waals surface area contributed by atoms with E-state index in [4.69, 9.17) is 5.11 Å². The maximum Gasteiger partial charge on any atom is 0.293 e. The molecule has 1 rings (SSSR count). The molecule has 0 radical (unpaired) electrons. The lowest BCUT2D eigenvalue weighted by Crippen LogP contribution is -2.35. The quantitative estimate of drug-likeness (QED) is 0.584. The van der Waals surface area contributed by atoms with Gasteiger partial charge in [-0.3, -0.25) is 4.79 Å². The van der Waals surface area contributed by atoms with Crippen LogP contribution in [0.15, 0.2) is 0 Å². The largest absolute Gasteiger partial charge is 0.462 e. The first kappa shape index (κ1) is 15.3. The lowest BCUT2D eigenvalue weighted by Gasteiger charge is -2.25. The van der Waals surface area contributed by atoms with Crippen molar-refractivity contribution in [2.24, 2.45) is 0 Å². The van der Waals surface area contributed by atoms with Crippen molar-refractivity contribution in [3.8, 4) is 0 Å². The van der Waals surface area contributed by atoms with Crippen LogP contribution in [-0.2, 0) is 9.53 Å². The number of ether oxygens (including phenoxy) is 1. The topological polar surface area (TPSA) is 49.8 Å². The molecular weight excluding hydrogens is 213 g/mol. The molecule has 1 aliphatic rings. The van der Waals surface area contributed by atoms with Crippen LogP contribution in [0.5, 0.6) is 0 Å². The summed E-state index contributed by atoms with van der Waals surface area (Å²) in [5.41, 5.74) is -0.318. The van der Waals surface area contributed by atoms with E-state index in [1.54, 1.807) is 0 Å². The van der Waals surface area contributed by atoms with E-state index >= 15 is 0 Å². The summed E-state index contributed by atoms with van der Waals surface area (Å²) >= 11 is 0. The number of hydrogen-bond acceptors (Lipinski definition) is 4. The van der Waals surface area contributed by atoms with Crippen LogP contribution >= 0.6 is 0 Å². The van der Waals surface area contributed by atoms with Gasteiger partial charge < -0.3 is 9.84 Å². The third-order valence-corrected chi connectivity index (χ3v) is 2.17. The molecule has 5 heteroatoms. The number of nitrogens with zero attached hydrogens (tertiary/aromatic N) is 1. The number of piperidine rings is 1. The van der Waals surface area contributed by atoms with Crippen LogP contribution in [0, 0.1) is 0 Å². The van der Waals surface area contributed by atoms with E-state index in [1.165, 1.54) is 0 Å². The summed E-state index contributed by atoms with van der Waals surface area (Å²) in [6.45, 7) is 6.37. The van der Waals surface area contributed by atoms with Crippen molar-refractivity contribution in [3.05, 3.63) is 0 Å². The Hall–Kier alpha value is -0.680. The molecule has 0 bridgehead atoms. The fourth-order valence-electron chi connectivity index (χ4n) is 1.29. The molecule has 1 atom stereocenters. The zero-order valence-corrected chi connectivity index (χ0v) is 10.3. The SMILES string of the molecule is CC(C)(C)OC=O.OCC1CCCCN1F. The standard InChI is InChI=1S/C6H12FNO.C5H10O2/c7-8-4-2-1-3-6(8)5-9;1-5(2,3)7-4-6/h6,9H,1-5H2;4H,1-3H3. The van der Waals surface area contributed by atoms with Crippen LogP contribution in [-0.4, -0.2) is 41.5 Å². The zero-order valence-electron chi connectivity index (χ0n) is 10.3. The molecule has 96 valence electrons. The van der Waals surface area contributed by atoms with Gasteiger partial charge in [0.15, 0.2) is 0 Å². The third kappa shape index (κ3) is 7.59. The van der Waals surface area contributed by atoms with Gasteiger partial charge in [0, 0.05) is 6.54 Å². The normalized spacial score (nSPS) is 21.9. The monoisotopic (exact) mass is 235 g/mol. The van der Waals surface area contributed by atoms with Gasteiger partial charge in [0.1, 0.15) is 5.60 Å². The van der Waals surface area contributed by atoms with Crippen LogP contribution in [0.4, 0.5) is 4.48 Å². The Morgan fingerprint density at radius 2 is 2.12 bits per heavy atom. The lowest BCUT2D eigenvalue weighted by molar-refractivity contribution is -0.138. The van der Waals surface area contributed by atoms with E-state index in [0.717, 1.165) is 24.4 Å². The Morgan fingerprint density at radius 1 is 1.50 bits per heavy atom.